The van der Waals surface area contributed by atoms with Crippen molar-refractivity contribution in [1.82, 2.24) is 4.98 Å². The van der Waals surface area contributed by atoms with Crippen molar-refractivity contribution in [3.8, 4) is 0 Å². The lowest BCUT2D eigenvalue weighted by atomic mass is 10.1. The lowest BCUT2D eigenvalue weighted by molar-refractivity contribution is 0.584. The van der Waals surface area contributed by atoms with Crippen LogP contribution in [-0.2, 0) is 0 Å². The Morgan fingerprint density at radius 2 is 1.71 bits per heavy atom. The van der Waals surface area contributed by atoms with Crippen LogP contribution >= 0.6 is 0 Å². The summed E-state index contributed by atoms with van der Waals surface area (Å²) in [6.45, 7) is 1.87. The van der Waals surface area contributed by atoms with Crippen LogP contribution in [0, 0.1) is 18.6 Å². The number of anilines is 3. The van der Waals surface area contributed by atoms with Crippen LogP contribution in [0.4, 0.5) is 25.8 Å². The zero-order valence-electron chi connectivity index (χ0n) is 11.3. The van der Waals surface area contributed by atoms with E-state index in [0.717, 1.165) is 28.2 Å². The fourth-order valence-corrected chi connectivity index (χ4v) is 2.26. The summed E-state index contributed by atoms with van der Waals surface area (Å²) in [5, 5.41) is 4.67. The minimum Gasteiger partial charge on any atom is -0.398 e. The molecule has 0 bridgehead atoms. The van der Waals surface area contributed by atoms with E-state index < -0.39 is 11.6 Å². The van der Waals surface area contributed by atoms with Gasteiger partial charge in [0.05, 0.1) is 0 Å². The summed E-state index contributed by atoms with van der Waals surface area (Å²) in [6.07, 6.45) is 1.69. The van der Waals surface area contributed by atoms with Gasteiger partial charge >= 0.3 is 0 Å². The number of nitrogens with zero attached hydrogens (tertiary/aromatic N) is 1. The summed E-state index contributed by atoms with van der Waals surface area (Å²) in [5.74, 6) is -1.26. The number of nitrogen functional groups attached to an aromatic ring is 1. The van der Waals surface area contributed by atoms with Crippen LogP contribution in [0.5, 0.6) is 0 Å². The molecule has 21 heavy (non-hydrogen) atoms. The van der Waals surface area contributed by atoms with E-state index in [1.165, 1.54) is 12.1 Å². The molecule has 0 radical (unpaired) electrons. The summed E-state index contributed by atoms with van der Waals surface area (Å²) in [4.78, 5) is 4.22. The van der Waals surface area contributed by atoms with Gasteiger partial charge in [0.1, 0.15) is 11.6 Å². The Balaban J connectivity index is 2.12. The first-order valence-electron chi connectivity index (χ1n) is 6.41. The predicted molar refractivity (Wildman–Crippen MR) is 80.5 cm³/mol. The van der Waals surface area contributed by atoms with Gasteiger partial charge in [0.15, 0.2) is 0 Å². The maximum atomic E-state index is 13.3. The van der Waals surface area contributed by atoms with Crippen LogP contribution in [0.3, 0.4) is 0 Å². The molecule has 1 heterocycles. The van der Waals surface area contributed by atoms with Crippen molar-refractivity contribution in [2.24, 2.45) is 0 Å². The molecule has 0 unspecified atom stereocenters. The molecular weight excluding hydrogens is 272 g/mol. The molecule has 0 aliphatic heterocycles. The summed E-state index contributed by atoms with van der Waals surface area (Å²) in [7, 11) is 0. The molecule has 0 fully saturated rings. The Labute approximate surface area is 120 Å². The largest absolute Gasteiger partial charge is 0.398 e. The molecule has 0 spiro atoms. The molecule has 0 amide bonds. The van der Waals surface area contributed by atoms with Crippen molar-refractivity contribution in [1.29, 1.82) is 0 Å². The van der Waals surface area contributed by atoms with Crippen LogP contribution in [-0.4, -0.2) is 4.98 Å². The van der Waals surface area contributed by atoms with Gasteiger partial charge in [-0.3, -0.25) is 4.98 Å². The summed E-state index contributed by atoms with van der Waals surface area (Å²) in [6, 6.07) is 8.69. The van der Waals surface area contributed by atoms with Gasteiger partial charge in [-0.1, -0.05) is 0 Å². The molecule has 0 saturated heterocycles. The van der Waals surface area contributed by atoms with Gasteiger partial charge in [0.2, 0.25) is 0 Å². The van der Waals surface area contributed by atoms with E-state index >= 15 is 0 Å². The lowest BCUT2D eigenvalue weighted by Crippen LogP contribution is -1.96. The normalized spacial score (nSPS) is 10.8. The van der Waals surface area contributed by atoms with Crippen LogP contribution in [0.25, 0.3) is 10.8 Å². The minimum absolute atomic E-state index is 0.341. The maximum Gasteiger partial charge on any atom is 0.128 e. The Hall–Kier alpha value is -2.69. The number of nitrogens with one attached hydrogen (secondary N) is 1. The van der Waals surface area contributed by atoms with Crippen molar-refractivity contribution >= 4 is 27.8 Å². The number of rotatable bonds is 2. The van der Waals surface area contributed by atoms with E-state index in [1.807, 2.05) is 13.0 Å². The number of nitrogens with two attached hydrogens (primary N) is 1. The fraction of sp³-hybridized carbons (Fsp3) is 0.0625. The minimum atomic E-state index is -0.630. The van der Waals surface area contributed by atoms with Crippen molar-refractivity contribution in [2.45, 2.75) is 6.92 Å². The highest BCUT2D eigenvalue weighted by molar-refractivity contribution is 6.01. The van der Waals surface area contributed by atoms with Gasteiger partial charge in [-0.05, 0) is 37.3 Å². The molecule has 106 valence electrons. The lowest BCUT2D eigenvalue weighted by Gasteiger charge is -2.12. The SMILES string of the molecule is Cc1cc2c(Nc3cc(F)cc(F)c3)ccc(N)c2cn1. The number of aromatic nitrogens is 1. The first kappa shape index (κ1) is 13.3. The molecule has 3 N–H and O–H groups in total. The van der Waals surface area contributed by atoms with E-state index in [0.29, 0.717) is 11.4 Å². The van der Waals surface area contributed by atoms with Crippen LogP contribution in [0.1, 0.15) is 5.69 Å². The van der Waals surface area contributed by atoms with Gasteiger partial charge in [-0.15, -0.1) is 0 Å². The van der Waals surface area contributed by atoms with E-state index in [4.69, 9.17) is 5.73 Å². The van der Waals surface area contributed by atoms with Gasteiger partial charge in [-0.2, -0.15) is 0 Å². The fourth-order valence-electron chi connectivity index (χ4n) is 2.26. The quantitative estimate of drug-likeness (QED) is 0.695. The second-order valence-electron chi connectivity index (χ2n) is 4.86. The third-order valence-electron chi connectivity index (χ3n) is 3.21. The smallest absolute Gasteiger partial charge is 0.128 e. The van der Waals surface area contributed by atoms with Crippen molar-refractivity contribution < 1.29 is 8.78 Å². The van der Waals surface area contributed by atoms with E-state index in [-0.39, 0.29) is 0 Å². The number of hydrogen-bond acceptors (Lipinski definition) is 3. The number of aryl methyl sites for hydroxylation is 1. The van der Waals surface area contributed by atoms with Crippen molar-refractivity contribution in [2.75, 3.05) is 11.1 Å². The van der Waals surface area contributed by atoms with Crippen LogP contribution in [0.15, 0.2) is 42.6 Å². The average Bonchev–Trinajstić information content (AvgIpc) is 2.41. The molecule has 3 aromatic rings. The number of hydrogen-bond donors (Lipinski definition) is 2. The second-order valence-corrected chi connectivity index (χ2v) is 4.86. The summed E-state index contributed by atoms with van der Waals surface area (Å²) >= 11 is 0. The van der Waals surface area contributed by atoms with Gasteiger partial charge in [-0.25, -0.2) is 8.78 Å². The highest BCUT2D eigenvalue weighted by Gasteiger charge is 2.07. The summed E-state index contributed by atoms with van der Waals surface area (Å²) < 4.78 is 26.5. The van der Waals surface area contributed by atoms with Crippen LogP contribution in [0.2, 0.25) is 0 Å². The first-order valence-corrected chi connectivity index (χ1v) is 6.41. The molecule has 5 heteroatoms. The molecule has 3 nitrogen and oxygen atoms in total. The topological polar surface area (TPSA) is 50.9 Å². The van der Waals surface area contributed by atoms with Crippen molar-refractivity contribution in [3.05, 3.63) is 59.9 Å². The van der Waals surface area contributed by atoms with Crippen molar-refractivity contribution in [3.63, 3.8) is 0 Å². The highest BCUT2D eigenvalue weighted by atomic mass is 19.1. The molecule has 0 saturated carbocycles. The van der Waals surface area contributed by atoms with E-state index in [9.17, 15) is 8.78 Å². The predicted octanol–water partition coefficient (Wildman–Crippen LogP) is 4.15. The number of fused-ring (bicyclic) bond motifs is 1. The van der Waals surface area contributed by atoms with Gasteiger partial charge in [0, 0.05) is 45.8 Å². The van der Waals surface area contributed by atoms with E-state index in [1.54, 1.807) is 18.3 Å². The monoisotopic (exact) mass is 285 g/mol. The third kappa shape index (κ3) is 2.63. The first-order chi connectivity index (χ1) is 10.0. The maximum absolute atomic E-state index is 13.3. The molecule has 0 atom stereocenters. The molecule has 3 rings (SSSR count). The van der Waals surface area contributed by atoms with Gasteiger partial charge < -0.3 is 11.1 Å². The number of halogens is 2. The average molecular weight is 285 g/mol. The second kappa shape index (κ2) is 5.01. The van der Waals surface area contributed by atoms with Gasteiger partial charge in [0.25, 0.3) is 0 Å². The third-order valence-corrected chi connectivity index (χ3v) is 3.21. The van der Waals surface area contributed by atoms with E-state index in [2.05, 4.69) is 10.3 Å². The Bertz CT molecular complexity index is 811. The zero-order valence-corrected chi connectivity index (χ0v) is 11.3. The van der Waals surface area contributed by atoms with Crippen LogP contribution < -0.4 is 11.1 Å². The number of pyridine rings is 1. The molecular formula is C16H13F2N3. The Morgan fingerprint density at radius 1 is 1.00 bits per heavy atom. The number of benzene rings is 2. The highest BCUT2D eigenvalue weighted by Crippen LogP contribution is 2.30. The Morgan fingerprint density at radius 3 is 2.43 bits per heavy atom. The molecule has 1 aromatic heterocycles. The Kier molecular flexibility index (Phi) is 3.17. The zero-order chi connectivity index (χ0) is 15.0. The molecule has 0 aliphatic carbocycles. The molecule has 0 aliphatic rings. The summed E-state index contributed by atoms with van der Waals surface area (Å²) in [5.41, 5.74) is 8.43. The molecule has 2 aromatic carbocycles. The standard InChI is InChI=1S/C16H13F2N3/c1-9-4-13-14(8-20-9)15(19)2-3-16(13)21-12-6-10(17)5-11(18)7-12/h2-8,21H,19H2,1H3.